The number of carbonyl (C=O) groups excluding carboxylic acids is 1. The third-order valence-corrected chi connectivity index (χ3v) is 4.02. The highest BCUT2D eigenvalue weighted by Gasteiger charge is 2.13. The van der Waals surface area contributed by atoms with Gasteiger partial charge in [0.2, 0.25) is 0 Å². The average Bonchev–Trinajstić information content (AvgIpc) is 2.61. The molecule has 1 N–H and O–H groups in total. The molecule has 0 saturated carbocycles. The zero-order valence-electron chi connectivity index (χ0n) is 15.2. The van der Waals surface area contributed by atoms with Crippen molar-refractivity contribution in [1.29, 1.82) is 0 Å². The van der Waals surface area contributed by atoms with Crippen molar-refractivity contribution < 1.29 is 14.5 Å². The SMILES string of the molecule is CC(C)(C)c1ccc(OCC(=O)N/N=C/c2cc([N+](=O)[O-])ccc2Cl)cc1. The summed E-state index contributed by atoms with van der Waals surface area (Å²) < 4.78 is 5.41. The molecule has 0 saturated heterocycles. The van der Waals surface area contributed by atoms with Gasteiger partial charge in [-0.1, -0.05) is 44.5 Å². The highest BCUT2D eigenvalue weighted by Crippen LogP contribution is 2.24. The molecule has 1 amide bonds. The van der Waals surface area contributed by atoms with Crippen LogP contribution in [0.3, 0.4) is 0 Å². The number of amides is 1. The van der Waals surface area contributed by atoms with E-state index in [2.05, 4.69) is 31.3 Å². The number of nitrogens with zero attached hydrogens (tertiary/aromatic N) is 2. The largest absolute Gasteiger partial charge is 0.484 e. The molecule has 7 nitrogen and oxygen atoms in total. The first kappa shape index (κ1) is 20.4. The van der Waals surface area contributed by atoms with Gasteiger partial charge in [0, 0.05) is 22.7 Å². The Kier molecular flexibility index (Phi) is 6.52. The van der Waals surface area contributed by atoms with E-state index in [9.17, 15) is 14.9 Å². The van der Waals surface area contributed by atoms with Gasteiger partial charge in [0.15, 0.2) is 6.61 Å². The summed E-state index contributed by atoms with van der Waals surface area (Å²) in [5.74, 6) is 0.108. The zero-order valence-corrected chi connectivity index (χ0v) is 16.0. The van der Waals surface area contributed by atoms with Gasteiger partial charge in [0.1, 0.15) is 5.75 Å². The number of halogens is 1. The highest BCUT2D eigenvalue weighted by molar-refractivity contribution is 6.33. The van der Waals surface area contributed by atoms with Crippen molar-refractivity contribution in [1.82, 2.24) is 5.43 Å². The molecule has 0 radical (unpaired) electrons. The summed E-state index contributed by atoms with van der Waals surface area (Å²) in [4.78, 5) is 22.0. The van der Waals surface area contributed by atoms with Gasteiger partial charge >= 0.3 is 0 Å². The van der Waals surface area contributed by atoms with Gasteiger partial charge in [-0.15, -0.1) is 0 Å². The molecule has 2 aromatic rings. The number of ether oxygens (including phenoxy) is 1. The van der Waals surface area contributed by atoms with Crippen LogP contribution in [0.1, 0.15) is 31.9 Å². The van der Waals surface area contributed by atoms with Gasteiger partial charge in [0.25, 0.3) is 11.6 Å². The number of carbonyl (C=O) groups is 1. The molecule has 0 aliphatic carbocycles. The van der Waals surface area contributed by atoms with Gasteiger partial charge < -0.3 is 4.74 Å². The molecule has 0 fully saturated rings. The topological polar surface area (TPSA) is 93.8 Å². The minimum Gasteiger partial charge on any atom is -0.484 e. The first-order chi connectivity index (χ1) is 12.7. The molecular weight excluding hydrogens is 370 g/mol. The number of hydrazone groups is 1. The number of nitro benzene ring substituents is 1. The lowest BCUT2D eigenvalue weighted by Crippen LogP contribution is -2.24. The summed E-state index contributed by atoms with van der Waals surface area (Å²) in [7, 11) is 0. The Hall–Kier alpha value is -2.93. The molecule has 0 bridgehead atoms. The van der Waals surface area contributed by atoms with E-state index in [-0.39, 0.29) is 22.7 Å². The lowest BCUT2D eigenvalue weighted by atomic mass is 9.87. The Morgan fingerprint density at radius 2 is 1.93 bits per heavy atom. The van der Waals surface area contributed by atoms with E-state index in [0.717, 1.165) is 5.56 Å². The number of hydrogen-bond donors (Lipinski definition) is 1. The number of benzene rings is 2. The fraction of sp³-hybridized carbons (Fsp3) is 0.263. The van der Waals surface area contributed by atoms with Crippen LogP contribution < -0.4 is 10.2 Å². The standard InChI is InChI=1S/C19H20ClN3O4/c1-19(2,3)14-4-7-16(8-5-14)27-12-18(24)22-21-11-13-10-15(23(25)26)6-9-17(13)20/h4-11H,12H2,1-3H3,(H,22,24)/b21-11+. The molecule has 0 aliphatic heterocycles. The number of non-ortho nitro benzene ring substituents is 1. The second-order valence-corrected chi connectivity index (χ2v) is 7.23. The molecule has 0 atom stereocenters. The fourth-order valence-electron chi connectivity index (χ4n) is 2.15. The van der Waals surface area contributed by atoms with Gasteiger partial charge in [-0.05, 0) is 29.2 Å². The van der Waals surface area contributed by atoms with Crippen molar-refractivity contribution in [3.63, 3.8) is 0 Å². The van der Waals surface area contributed by atoms with Crippen LogP contribution >= 0.6 is 11.6 Å². The van der Waals surface area contributed by atoms with Crippen LogP contribution in [0.5, 0.6) is 5.75 Å². The molecule has 0 unspecified atom stereocenters. The quantitative estimate of drug-likeness (QED) is 0.457. The van der Waals surface area contributed by atoms with Crippen molar-refractivity contribution in [3.05, 3.63) is 68.7 Å². The predicted octanol–water partition coefficient (Wildman–Crippen LogP) is 4.07. The van der Waals surface area contributed by atoms with Gasteiger partial charge in [-0.3, -0.25) is 14.9 Å². The normalized spacial score (nSPS) is 11.4. The Labute approximate surface area is 162 Å². The van der Waals surface area contributed by atoms with E-state index in [1.807, 2.05) is 12.1 Å². The van der Waals surface area contributed by atoms with Crippen LogP contribution in [0.15, 0.2) is 47.6 Å². The molecule has 0 aliphatic rings. The van der Waals surface area contributed by atoms with Crippen molar-refractivity contribution in [3.8, 4) is 5.75 Å². The van der Waals surface area contributed by atoms with Gasteiger partial charge in [-0.25, -0.2) is 5.43 Å². The molecular formula is C19H20ClN3O4. The Bertz CT molecular complexity index is 858. The van der Waals surface area contributed by atoms with Crippen LogP contribution in [0.4, 0.5) is 5.69 Å². The molecule has 0 heterocycles. The average molecular weight is 390 g/mol. The fourth-order valence-corrected chi connectivity index (χ4v) is 2.32. The summed E-state index contributed by atoms with van der Waals surface area (Å²) in [6, 6.07) is 11.5. The smallest absolute Gasteiger partial charge is 0.277 e. The second-order valence-electron chi connectivity index (χ2n) is 6.82. The first-order valence-electron chi connectivity index (χ1n) is 8.16. The number of hydrogen-bond acceptors (Lipinski definition) is 5. The summed E-state index contributed by atoms with van der Waals surface area (Å²) in [6.45, 7) is 6.13. The molecule has 2 aromatic carbocycles. The molecule has 0 spiro atoms. The third kappa shape index (κ3) is 6.07. The summed E-state index contributed by atoms with van der Waals surface area (Å²) >= 11 is 5.95. The van der Waals surface area contributed by atoms with Crippen LogP contribution in [-0.2, 0) is 10.2 Å². The minimum atomic E-state index is -0.537. The third-order valence-electron chi connectivity index (χ3n) is 3.67. The molecule has 27 heavy (non-hydrogen) atoms. The Morgan fingerprint density at radius 3 is 2.52 bits per heavy atom. The van der Waals surface area contributed by atoms with E-state index in [1.54, 1.807) is 12.1 Å². The summed E-state index contributed by atoms with van der Waals surface area (Å²) in [5.41, 5.74) is 3.70. The van der Waals surface area contributed by atoms with Crippen molar-refractivity contribution in [2.75, 3.05) is 6.61 Å². The Morgan fingerprint density at radius 1 is 1.26 bits per heavy atom. The highest BCUT2D eigenvalue weighted by atomic mass is 35.5. The van der Waals surface area contributed by atoms with E-state index in [4.69, 9.17) is 16.3 Å². The second kappa shape index (κ2) is 8.64. The summed E-state index contributed by atoms with van der Waals surface area (Å²) in [5, 5.41) is 14.8. The van der Waals surface area contributed by atoms with E-state index in [0.29, 0.717) is 11.3 Å². The maximum absolute atomic E-state index is 11.8. The molecule has 2 rings (SSSR count). The lowest BCUT2D eigenvalue weighted by Gasteiger charge is -2.19. The molecule has 142 valence electrons. The summed E-state index contributed by atoms with van der Waals surface area (Å²) in [6.07, 6.45) is 1.24. The predicted molar refractivity (Wildman–Crippen MR) is 104 cm³/mol. The van der Waals surface area contributed by atoms with E-state index >= 15 is 0 Å². The number of nitrogens with one attached hydrogen (secondary N) is 1. The van der Waals surface area contributed by atoms with Crippen molar-refractivity contribution in [2.24, 2.45) is 5.10 Å². The lowest BCUT2D eigenvalue weighted by molar-refractivity contribution is -0.384. The van der Waals surface area contributed by atoms with Crippen LogP contribution in [0.2, 0.25) is 5.02 Å². The maximum atomic E-state index is 11.8. The van der Waals surface area contributed by atoms with Crippen molar-refractivity contribution >= 4 is 29.4 Å². The van der Waals surface area contributed by atoms with Crippen LogP contribution in [0.25, 0.3) is 0 Å². The number of nitro groups is 1. The van der Waals surface area contributed by atoms with Gasteiger partial charge in [-0.2, -0.15) is 5.10 Å². The van der Waals surface area contributed by atoms with Crippen LogP contribution in [-0.4, -0.2) is 23.7 Å². The Balaban J connectivity index is 1.88. The van der Waals surface area contributed by atoms with Crippen LogP contribution in [0, 0.1) is 10.1 Å². The monoisotopic (exact) mass is 389 g/mol. The number of rotatable bonds is 6. The van der Waals surface area contributed by atoms with E-state index in [1.165, 1.54) is 24.4 Å². The zero-order chi connectivity index (χ0) is 20.0. The maximum Gasteiger partial charge on any atom is 0.277 e. The van der Waals surface area contributed by atoms with Gasteiger partial charge in [0.05, 0.1) is 11.1 Å². The first-order valence-corrected chi connectivity index (χ1v) is 8.54. The molecule has 0 aromatic heterocycles. The minimum absolute atomic E-state index is 0.0401. The van der Waals surface area contributed by atoms with Crippen molar-refractivity contribution in [2.45, 2.75) is 26.2 Å². The van der Waals surface area contributed by atoms with E-state index < -0.39 is 10.8 Å². The molecule has 8 heteroatoms.